The van der Waals surface area contributed by atoms with Crippen LogP contribution in [-0.4, -0.2) is 45.4 Å². The summed E-state index contributed by atoms with van der Waals surface area (Å²) in [5.41, 5.74) is 5.44. The molecule has 3 N–H and O–H groups in total. The van der Waals surface area contributed by atoms with Crippen molar-refractivity contribution in [2.45, 2.75) is 25.4 Å². The van der Waals surface area contributed by atoms with Crippen molar-refractivity contribution in [2.24, 2.45) is 11.7 Å². The fourth-order valence-corrected chi connectivity index (χ4v) is 1.77. The van der Waals surface area contributed by atoms with Gasteiger partial charge in [-0.15, -0.1) is 0 Å². The quantitative estimate of drug-likeness (QED) is 0.640. The van der Waals surface area contributed by atoms with Crippen molar-refractivity contribution in [1.29, 1.82) is 0 Å². The minimum atomic E-state index is -0.171. The third-order valence-corrected chi connectivity index (χ3v) is 2.91. The van der Waals surface area contributed by atoms with Crippen LogP contribution in [0.15, 0.2) is 0 Å². The smallest absolute Gasteiger partial charge is 0.222 e. The van der Waals surface area contributed by atoms with Crippen LogP contribution >= 0.6 is 0 Å². The summed E-state index contributed by atoms with van der Waals surface area (Å²) < 4.78 is 10.3. The molecule has 0 radical (unpaired) electrons. The lowest BCUT2D eigenvalue weighted by Gasteiger charge is -2.13. The maximum atomic E-state index is 11.5. The number of amides is 1. The van der Waals surface area contributed by atoms with Gasteiger partial charge in [-0.2, -0.15) is 0 Å². The highest BCUT2D eigenvalue weighted by Crippen LogP contribution is 2.15. The first-order valence-electron chi connectivity index (χ1n) is 5.83. The Morgan fingerprint density at radius 1 is 1.69 bits per heavy atom. The van der Waals surface area contributed by atoms with E-state index in [1.54, 1.807) is 7.11 Å². The van der Waals surface area contributed by atoms with Crippen LogP contribution in [-0.2, 0) is 14.3 Å². The maximum absolute atomic E-state index is 11.5. The monoisotopic (exact) mass is 230 g/mol. The number of methoxy groups -OCH3 is 1. The second-order valence-corrected chi connectivity index (χ2v) is 4.17. The fourth-order valence-electron chi connectivity index (χ4n) is 1.77. The van der Waals surface area contributed by atoms with Gasteiger partial charge in [-0.3, -0.25) is 4.79 Å². The highest BCUT2D eigenvalue weighted by Gasteiger charge is 2.16. The molecule has 0 aromatic heterocycles. The van der Waals surface area contributed by atoms with Crippen LogP contribution in [0.25, 0.3) is 0 Å². The van der Waals surface area contributed by atoms with Gasteiger partial charge in [0.05, 0.1) is 12.5 Å². The van der Waals surface area contributed by atoms with Crippen molar-refractivity contribution in [1.82, 2.24) is 5.32 Å². The zero-order valence-corrected chi connectivity index (χ0v) is 9.91. The van der Waals surface area contributed by atoms with Gasteiger partial charge in [0.25, 0.3) is 0 Å². The first-order valence-corrected chi connectivity index (χ1v) is 5.83. The number of rotatable bonds is 7. The normalized spacial score (nSPS) is 22.0. The van der Waals surface area contributed by atoms with Crippen molar-refractivity contribution in [3.63, 3.8) is 0 Å². The largest absolute Gasteiger partial charge is 0.381 e. The lowest BCUT2D eigenvalue weighted by molar-refractivity contribution is -0.123. The van der Waals surface area contributed by atoms with Crippen LogP contribution < -0.4 is 11.1 Å². The number of carbonyl (C=O) groups is 1. The number of hydrogen-bond acceptors (Lipinski definition) is 4. The fraction of sp³-hybridized carbons (Fsp3) is 0.909. The average molecular weight is 230 g/mol. The molecule has 16 heavy (non-hydrogen) atoms. The Bertz CT molecular complexity index is 201. The second kappa shape index (κ2) is 7.60. The molecule has 0 aromatic rings. The average Bonchev–Trinajstić information content (AvgIpc) is 2.79. The Hall–Kier alpha value is -0.650. The molecule has 5 heteroatoms. The lowest BCUT2D eigenvalue weighted by Crippen LogP contribution is -2.33. The number of nitrogens with two attached hydrogens (primary N) is 1. The van der Waals surface area contributed by atoms with E-state index < -0.39 is 0 Å². The first-order chi connectivity index (χ1) is 7.76. The molecule has 1 amide bonds. The van der Waals surface area contributed by atoms with E-state index in [1.165, 1.54) is 0 Å². The Labute approximate surface area is 96.7 Å². The van der Waals surface area contributed by atoms with E-state index in [2.05, 4.69) is 5.32 Å². The summed E-state index contributed by atoms with van der Waals surface area (Å²) in [6.45, 7) is 2.78. The predicted molar refractivity (Wildman–Crippen MR) is 61.0 cm³/mol. The van der Waals surface area contributed by atoms with Gasteiger partial charge in [0, 0.05) is 33.4 Å². The molecular formula is C11H22N2O3. The SMILES string of the molecule is COC(CN)CC(=O)NCCC1CCOC1. The molecule has 2 atom stereocenters. The maximum Gasteiger partial charge on any atom is 0.222 e. The van der Waals surface area contributed by atoms with Crippen LogP contribution in [0.3, 0.4) is 0 Å². The highest BCUT2D eigenvalue weighted by atomic mass is 16.5. The molecule has 0 aromatic carbocycles. The number of carbonyl (C=O) groups excluding carboxylic acids is 1. The topological polar surface area (TPSA) is 73.6 Å². The highest BCUT2D eigenvalue weighted by molar-refractivity contribution is 5.76. The van der Waals surface area contributed by atoms with Gasteiger partial charge in [0.1, 0.15) is 0 Å². The van der Waals surface area contributed by atoms with E-state index in [0.29, 0.717) is 25.4 Å². The third-order valence-electron chi connectivity index (χ3n) is 2.91. The Kier molecular flexibility index (Phi) is 6.37. The van der Waals surface area contributed by atoms with Gasteiger partial charge < -0.3 is 20.5 Å². The number of nitrogens with one attached hydrogen (secondary N) is 1. The summed E-state index contributed by atoms with van der Waals surface area (Å²) in [6.07, 6.45) is 2.27. The summed E-state index contributed by atoms with van der Waals surface area (Å²) in [5.74, 6) is 0.615. The molecule has 1 fully saturated rings. The second-order valence-electron chi connectivity index (χ2n) is 4.17. The van der Waals surface area contributed by atoms with Crippen LogP contribution in [0.4, 0.5) is 0 Å². The molecule has 1 heterocycles. The van der Waals surface area contributed by atoms with Crippen molar-refractivity contribution < 1.29 is 14.3 Å². The molecular weight excluding hydrogens is 208 g/mol. The molecule has 0 aliphatic carbocycles. The van der Waals surface area contributed by atoms with Gasteiger partial charge in [0.2, 0.25) is 5.91 Å². The van der Waals surface area contributed by atoms with Gasteiger partial charge in [-0.25, -0.2) is 0 Å². The zero-order chi connectivity index (χ0) is 11.8. The van der Waals surface area contributed by atoms with Crippen molar-refractivity contribution in [2.75, 3.05) is 33.4 Å². The molecule has 0 bridgehead atoms. The molecule has 0 saturated carbocycles. The molecule has 1 saturated heterocycles. The number of hydrogen-bond donors (Lipinski definition) is 2. The Balaban J connectivity index is 2.05. The van der Waals surface area contributed by atoms with E-state index in [0.717, 1.165) is 26.1 Å². The van der Waals surface area contributed by atoms with Gasteiger partial charge in [-0.05, 0) is 18.8 Å². The Morgan fingerprint density at radius 2 is 2.50 bits per heavy atom. The van der Waals surface area contributed by atoms with Crippen molar-refractivity contribution in [3.8, 4) is 0 Å². The first kappa shape index (κ1) is 13.4. The van der Waals surface area contributed by atoms with E-state index in [4.69, 9.17) is 15.2 Å². The molecule has 1 aliphatic heterocycles. The molecule has 1 rings (SSSR count). The van der Waals surface area contributed by atoms with E-state index in [-0.39, 0.29) is 12.0 Å². The Morgan fingerprint density at radius 3 is 3.06 bits per heavy atom. The van der Waals surface area contributed by atoms with Crippen LogP contribution in [0.5, 0.6) is 0 Å². The summed E-state index contributed by atoms with van der Waals surface area (Å²) in [6, 6.07) is 0. The van der Waals surface area contributed by atoms with Gasteiger partial charge >= 0.3 is 0 Å². The minimum Gasteiger partial charge on any atom is -0.381 e. The minimum absolute atomic E-state index is 0.0104. The summed E-state index contributed by atoms with van der Waals surface area (Å²) in [4.78, 5) is 11.5. The summed E-state index contributed by atoms with van der Waals surface area (Å²) in [5, 5.41) is 2.88. The lowest BCUT2D eigenvalue weighted by atomic mass is 10.1. The molecule has 0 spiro atoms. The van der Waals surface area contributed by atoms with Crippen molar-refractivity contribution >= 4 is 5.91 Å². The third kappa shape index (κ3) is 4.92. The summed E-state index contributed by atoms with van der Waals surface area (Å²) >= 11 is 0. The van der Waals surface area contributed by atoms with Crippen molar-refractivity contribution in [3.05, 3.63) is 0 Å². The molecule has 5 nitrogen and oxygen atoms in total. The zero-order valence-electron chi connectivity index (χ0n) is 9.91. The molecule has 1 aliphatic rings. The predicted octanol–water partition coefficient (Wildman–Crippen LogP) is -0.107. The van der Waals surface area contributed by atoms with E-state index in [1.807, 2.05) is 0 Å². The molecule has 94 valence electrons. The standard InChI is InChI=1S/C11H22N2O3/c1-15-10(7-12)6-11(14)13-4-2-9-3-5-16-8-9/h9-10H,2-8,12H2,1H3,(H,13,14). The molecule has 2 unspecified atom stereocenters. The van der Waals surface area contributed by atoms with Gasteiger partial charge in [0.15, 0.2) is 0 Å². The van der Waals surface area contributed by atoms with Crippen LogP contribution in [0.1, 0.15) is 19.3 Å². The van der Waals surface area contributed by atoms with Gasteiger partial charge in [-0.1, -0.05) is 0 Å². The summed E-state index contributed by atoms with van der Waals surface area (Å²) in [7, 11) is 1.57. The van der Waals surface area contributed by atoms with E-state index in [9.17, 15) is 4.79 Å². The van der Waals surface area contributed by atoms with Crippen LogP contribution in [0.2, 0.25) is 0 Å². The number of ether oxygens (including phenoxy) is 2. The van der Waals surface area contributed by atoms with E-state index >= 15 is 0 Å². The van der Waals surface area contributed by atoms with Crippen LogP contribution in [0, 0.1) is 5.92 Å².